The maximum atomic E-state index is 13.1. The highest BCUT2D eigenvalue weighted by Crippen LogP contribution is 2.10. The van der Waals surface area contributed by atoms with Crippen molar-refractivity contribution >= 4 is 29.0 Å². The average molecular weight is 391 g/mol. The van der Waals surface area contributed by atoms with Gasteiger partial charge in [-0.15, -0.1) is 0 Å². The number of aromatic nitrogens is 2. The highest BCUT2D eigenvalue weighted by atomic mass is 32.2. The first-order valence-electron chi connectivity index (χ1n) is 8.69. The van der Waals surface area contributed by atoms with Gasteiger partial charge in [-0.1, -0.05) is 0 Å². The van der Waals surface area contributed by atoms with Crippen molar-refractivity contribution in [1.82, 2.24) is 9.78 Å². The summed E-state index contributed by atoms with van der Waals surface area (Å²) < 4.78 is 39.3. The van der Waals surface area contributed by atoms with Crippen molar-refractivity contribution in [1.29, 1.82) is 0 Å². The molecule has 2 aromatic rings. The number of piperazine rings is 1. The Hall–Kier alpha value is -2.20. The molecule has 1 aromatic heterocycles. The van der Waals surface area contributed by atoms with Gasteiger partial charge >= 0.3 is 0 Å². The first-order chi connectivity index (χ1) is 12.7. The third-order valence-corrected chi connectivity index (χ3v) is 7.20. The minimum atomic E-state index is -3.22. The largest absolute Gasteiger partial charge is 0.359 e. The highest BCUT2D eigenvalue weighted by molar-refractivity contribution is 7.85. The Balaban J connectivity index is 1.82. The van der Waals surface area contributed by atoms with Gasteiger partial charge in [-0.3, -0.25) is 4.79 Å². The molecular weight excluding hydrogens is 370 g/mol. The number of hydrogen-bond donors (Lipinski definition) is 1. The molecule has 0 saturated carbocycles. The summed E-state index contributed by atoms with van der Waals surface area (Å²) in [4.78, 5) is 14.5. The van der Waals surface area contributed by atoms with E-state index < -0.39 is 26.6 Å². The fourth-order valence-electron chi connectivity index (χ4n) is 3.09. The zero-order chi connectivity index (χ0) is 19.8. The Bertz CT molecular complexity index is 984. The molecule has 7 nitrogen and oxygen atoms in total. The van der Waals surface area contributed by atoms with Crippen molar-refractivity contribution in [2.45, 2.75) is 19.1 Å². The van der Waals surface area contributed by atoms with Crippen LogP contribution in [-0.2, 0) is 10.0 Å². The van der Waals surface area contributed by atoms with Crippen LogP contribution in [0.25, 0.3) is 5.69 Å². The van der Waals surface area contributed by atoms with E-state index in [1.54, 1.807) is 13.8 Å². The predicted molar refractivity (Wildman–Crippen MR) is 102 cm³/mol. The smallest absolute Gasteiger partial charge is 0.297 e. The van der Waals surface area contributed by atoms with E-state index >= 15 is 0 Å². The molecule has 3 rings (SSSR count). The van der Waals surface area contributed by atoms with Crippen molar-refractivity contribution < 1.29 is 17.1 Å². The van der Waals surface area contributed by atoms with Gasteiger partial charge in [0, 0.05) is 0 Å². The van der Waals surface area contributed by atoms with Crippen LogP contribution < -0.4 is 20.2 Å². The molecule has 27 heavy (non-hydrogen) atoms. The van der Waals surface area contributed by atoms with Crippen LogP contribution in [0.15, 0.2) is 35.3 Å². The Labute approximate surface area is 158 Å². The lowest BCUT2D eigenvalue weighted by molar-refractivity contribution is -0.768. The summed E-state index contributed by atoms with van der Waals surface area (Å²) in [5.74, 6) is -0.409. The van der Waals surface area contributed by atoms with E-state index in [1.807, 2.05) is 4.90 Å². The maximum Gasteiger partial charge on any atom is 0.297 e. The van der Waals surface area contributed by atoms with Crippen molar-refractivity contribution in [3.63, 3.8) is 0 Å². The number of nitrogens with zero attached hydrogens (tertiary/aromatic N) is 3. The van der Waals surface area contributed by atoms with Crippen molar-refractivity contribution in [2.75, 3.05) is 31.1 Å². The summed E-state index contributed by atoms with van der Waals surface area (Å²) in [6.45, 7) is 5.06. The highest BCUT2D eigenvalue weighted by Gasteiger charge is 2.33. The summed E-state index contributed by atoms with van der Waals surface area (Å²) in [5.41, 5.74) is 0.435. The van der Waals surface area contributed by atoms with Gasteiger partial charge in [0.1, 0.15) is 32.0 Å². The SMILES string of the molecule is [B]c1c(N2CC[NH+](S(=O)(=O)C(C)C)CC2)cnn(-c2ccc(F)cc2)c1=O. The molecular formula is C17H21BFN4O3S+. The molecule has 1 aliphatic heterocycles. The average Bonchev–Trinajstić information content (AvgIpc) is 2.65. The molecule has 0 aliphatic carbocycles. The third-order valence-electron chi connectivity index (χ3n) is 4.75. The molecule has 1 N–H and O–H groups in total. The molecule has 1 aliphatic rings. The van der Waals surface area contributed by atoms with Crippen molar-refractivity contribution in [3.8, 4) is 5.69 Å². The summed E-state index contributed by atoms with van der Waals surface area (Å²) in [6.07, 6.45) is 1.49. The van der Waals surface area contributed by atoms with Crippen LogP contribution in [0.1, 0.15) is 13.8 Å². The number of halogens is 1. The number of sulfonamides is 1. The molecule has 142 valence electrons. The molecule has 1 aromatic carbocycles. The number of hydrogen-bond acceptors (Lipinski definition) is 5. The quantitative estimate of drug-likeness (QED) is 0.650. The van der Waals surface area contributed by atoms with E-state index in [0.29, 0.717) is 41.9 Å². The molecule has 1 saturated heterocycles. The van der Waals surface area contributed by atoms with Crippen LogP contribution >= 0.6 is 0 Å². The summed E-state index contributed by atoms with van der Waals surface area (Å²) in [5, 5.41) is 3.71. The van der Waals surface area contributed by atoms with E-state index in [9.17, 15) is 17.6 Å². The lowest BCUT2D eigenvalue weighted by atomic mass is 9.95. The lowest BCUT2D eigenvalue weighted by Crippen LogP contribution is -3.17. The number of benzene rings is 1. The van der Waals surface area contributed by atoms with Gasteiger partial charge in [0.2, 0.25) is 0 Å². The molecule has 0 unspecified atom stereocenters. The number of nitrogens with one attached hydrogen (secondary N) is 1. The van der Waals surface area contributed by atoms with Gasteiger partial charge in [0.25, 0.3) is 15.6 Å². The first kappa shape index (κ1) is 19.6. The molecule has 1 fully saturated rings. The van der Waals surface area contributed by atoms with Crippen LogP contribution in [0.3, 0.4) is 0 Å². The van der Waals surface area contributed by atoms with Gasteiger partial charge in [-0.05, 0) is 43.6 Å². The Morgan fingerprint density at radius 1 is 1.19 bits per heavy atom. The number of rotatable bonds is 4. The predicted octanol–water partition coefficient (Wildman–Crippen LogP) is -1.39. The zero-order valence-corrected chi connectivity index (χ0v) is 16.0. The second kappa shape index (κ2) is 7.44. The summed E-state index contributed by atoms with van der Waals surface area (Å²) in [7, 11) is 2.81. The van der Waals surface area contributed by atoms with E-state index in [4.69, 9.17) is 7.85 Å². The fourth-order valence-corrected chi connectivity index (χ4v) is 4.51. The normalized spacial score (nSPS) is 16.1. The van der Waals surface area contributed by atoms with E-state index in [2.05, 4.69) is 5.10 Å². The molecule has 0 bridgehead atoms. The number of anilines is 1. The van der Waals surface area contributed by atoms with Crippen LogP contribution in [-0.4, -0.2) is 57.5 Å². The Kier molecular flexibility index (Phi) is 5.39. The van der Waals surface area contributed by atoms with Gasteiger partial charge in [0.15, 0.2) is 0 Å². The Morgan fingerprint density at radius 2 is 1.78 bits per heavy atom. The Morgan fingerprint density at radius 3 is 2.33 bits per heavy atom. The van der Waals surface area contributed by atoms with Crippen LogP contribution in [0.4, 0.5) is 10.1 Å². The monoisotopic (exact) mass is 391 g/mol. The van der Waals surface area contributed by atoms with Gasteiger partial charge in [0.05, 0.1) is 30.7 Å². The first-order valence-corrected chi connectivity index (χ1v) is 10.2. The minimum absolute atomic E-state index is 0.0319. The van der Waals surface area contributed by atoms with E-state index in [0.717, 1.165) is 4.68 Å². The molecule has 10 heteroatoms. The molecule has 2 heterocycles. The second-order valence-corrected chi connectivity index (χ2v) is 9.37. The summed E-state index contributed by atoms with van der Waals surface area (Å²) >= 11 is 0. The molecule has 2 radical (unpaired) electrons. The number of quaternary nitrogens is 1. The standard InChI is InChI=1S/C17H20BFN4O3S/c1-12(2)27(25,26)22-9-7-21(8-10-22)15-11-20-23(17(24)16(15)18)14-5-3-13(19)4-6-14/h3-6,11-12H,7-10H2,1-2H3/p+1. The van der Waals surface area contributed by atoms with E-state index in [1.165, 1.54) is 30.5 Å². The van der Waals surface area contributed by atoms with Crippen LogP contribution in [0.5, 0.6) is 0 Å². The van der Waals surface area contributed by atoms with Gasteiger partial charge in [-0.2, -0.15) is 18.2 Å². The van der Waals surface area contributed by atoms with Crippen LogP contribution in [0, 0.1) is 5.82 Å². The van der Waals surface area contributed by atoms with Crippen LogP contribution in [0.2, 0.25) is 0 Å². The molecule has 0 spiro atoms. The lowest BCUT2D eigenvalue weighted by Gasteiger charge is -2.34. The van der Waals surface area contributed by atoms with Crippen molar-refractivity contribution in [2.24, 2.45) is 0 Å². The topological polar surface area (TPSA) is 76.7 Å². The van der Waals surface area contributed by atoms with Gasteiger partial charge in [-0.25, -0.2) is 8.70 Å². The zero-order valence-electron chi connectivity index (χ0n) is 15.2. The van der Waals surface area contributed by atoms with Gasteiger partial charge < -0.3 is 4.90 Å². The van der Waals surface area contributed by atoms with Crippen molar-refractivity contribution in [3.05, 3.63) is 46.6 Å². The minimum Gasteiger partial charge on any atom is -0.359 e. The second-order valence-electron chi connectivity index (χ2n) is 6.76. The van der Waals surface area contributed by atoms with E-state index in [-0.39, 0.29) is 5.46 Å². The fraction of sp³-hybridized carbons (Fsp3) is 0.412. The maximum absolute atomic E-state index is 13.1. The molecule has 0 amide bonds. The third kappa shape index (κ3) is 3.77. The summed E-state index contributed by atoms with van der Waals surface area (Å²) in [6, 6.07) is 5.37. The molecule has 0 atom stereocenters.